The van der Waals surface area contributed by atoms with Crippen molar-refractivity contribution >= 4 is 6.08 Å². The minimum absolute atomic E-state index is 0.317. The quantitative estimate of drug-likeness (QED) is 0.865. The number of aromatic nitrogens is 1. The first-order valence-corrected chi connectivity index (χ1v) is 6.99. The van der Waals surface area contributed by atoms with Crippen LogP contribution in [0.1, 0.15) is 26.3 Å². The van der Waals surface area contributed by atoms with Gasteiger partial charge < -0.3 is 9.84 Å². The highest BCUT2D eigenvalue weighted by Gasteiger charge is 2.27. The monoisotopic (exact) mass is 283 g/mol. The molecule has 1 heterocycles. The summed E-state index contributed by atoms with van der Waals surface area (Å²) in [4.78, 5) is 4.08. The standard InChI is InChI=1S/C18H21NO2/c1-18(2,3)17(20)16(12-14-8-7-11-19-13-14)21-15-9-5-4-6-10-15/h4-13,17,20H,1-3H3/b16-12+. The van der Waals surface area contributed by atoms with Crippen LogP contribution in [0.2, 0.25) is 0 Å². The Balaban J connectivity index is 2.33. The number of aliphatic hydroxyl groups is 1. The van der Waals surface area contributed by atoms with Crippen LogP contribution in [0.3, 0.4) is 0 Å². The molecule has 0 spiro atoms. The van der Waals surface area contributed by atoms with Crippen LogP contribution in [-0.4, -0.2) is 16.2 Å². The largest absolute Gasteiger partial charge is 0.459 e. The Kier molecular flexibility index (Phi) is 4.76. The summed E-state index contributed by atoms with van der Waals surface area (Å²) in [5, 5.41) is 10.6. The topological polar surface area (TPSA) is 42.4 Å². The number of hydrogen-bond donors (Lipinski definition) is 1. The first-order chi connectivity index (χ1) is 9.97. The number of hydrogen-bond acceptors (Lipinski definition) is 3. The molecule has 0 saturated heterocycles. The first-order valence-electron chi connectivity index (χ1n) is 6.99. The van der Waals surface area contributed by atoms with E-state index in [1.807, 2.05) is 69.3 Å². The summed E-state index contributed by atoms with van der Waals surface area (Å²) in [6, 6.07) is 13.3. The lowest BCUT2D eigenvalue weighted by molar-refractivity contribution is 0.0641. The summed E-state index contributed by atoms with van der Waals surface area (Å²) in [5.74, 6) is 1.22. The predicted octanol–water partition coefficient (Wildman–Crippen LogP) is 3.91. The average Bonchev–Trinajstić information content (AvgIpc) is 2.47. The highest BCUT2D eigenvalue weighted by molar-refractivity contribution is 5.52. The number of rotatable bonds is 4. The number of ether oxygens (including phenoxy) is 1. The highest BCUT2D eigenvalue weighted by Crippen LogP contribution is 2.28. The van der Waals surface area contributed by atoms with Crippen LogP contribution >= 0.6 is 0 Å². The van der Waals surface area contributed by atoms with Gasteiger partial charge in [-0.3, -0.25) is 4.98 Å². The second kappa shape index (κ2) is 6.55. The van der Waals surface area contributed by atoms with Gasteiger partial charge in [-0.05, 0) is 35.3 Å². The van der Waals surface area contributed by atoms with Gasteiger partial charge >= 0.3 is 0 Å². The number of benzene rings is 1. The Morgan fingerprint density at radius 3 is 2.43 bits per heavy atom. The second-order valence-corrected chi connectivity index (χ2v) is 6.02. The lowest BCUT2D eigenvalue weighted by Gasteiger charge is -2.28. The van der Waals surface area contributed by atoms with E-state index in [4.69, 9.17) is 4.74 Å². The van der Waals surface area contributed by atoms with Crippen molar-refractivity contribution in [2.75, 3.05) is 0 Å². The molecule has 0 saturated carbocycles. The van der Waals surface area contributed by atoms with Crippen LogP contribution < -0.4 is 4.74 Å². The molecule has 0 fully saturated rings. The normalized spacial score (nSPS) is 13.8. The Morgan fingerprint density at radius 2 is 1.86 bits per heavy atom. The maximum absolute atomic E-state index is 10.6. The van der Waals surface area contributed by atoms with E-state index in [9.17, 15) is 5.11 Å². The molecule has 0 aliphatic carbocycles. The molecule has 3 nitrogen and oxygen atoms in total. The summed E-state index contributed by atoms with van der Waals surface area (Å²) in [7, 11) is 0. The third-order valence-corrected chi connectivity index (χ3v) is 3.06. The number of aliphatic hydroxyl groups excluding tert-OH is 1. The van der Waals surface area contributed by atoms with Crippen molar-refractivity contribution in [1.82, 2.24) is 4.98 Å². The van der Waals surface area contributed by atoms with Crippen LogP contribution in [0.4, 0.5) is 0 Å². The van der Waals surface area contributed by atoms with Gasteiger partial charge in [0.05, 0.1) is 0 Å². The molecule has 0 amide bonds. The molecule has 110 valence electrons. The molecule has 21 heavy (non-hydrogen) atoms. The third kappa shape index (κ3) is 4.43. The van der Waals surface area contributed by atoms with Crippen LogP contribution in [0, 0.1) is 5.41 Å². The molecule has 1 aromatic carbocycles. The molecule has 1 atom stereocenters. The van der Waals surface area contributed by atoms with E-state index < -0.39 is 6.10 Å². The minimum atomic E-state index is -0.710. The van der Waals surface area contributed by atoms with Crippen molar-refractivity contribution in [3.05, 3.63) is 66.2 Å². The predicted molar refractivity (Wildman–Crippen MR) is 84.7 cm³/mol. The van der Waals surface area contributed by atoms with Crippen molar-refractivity contribution < 1.29 is 9.84 Å². The zero-order valence-electron chi connectivity index (χ0n) is 12.7. The van der Waals surface area contributed by atoms with Gasteiger partial charge in [0.1, 0.15) is 17.6 Å². The van der Waals surface area contributed by atoms with Gasteiger partial charge in [-0.1, -0.05) is 45.0 Å². The van der Waals surface area contributed by atoms with E-state index in [-0.39, 0.29) is 5.41 Å². The smallest absolute Gasteiger partial charge is 0.134 e. The fourth-order valence-electron chi connectivity index (χ4n) is 1.84. The number of nitrogens with zero attached hydrogens (tertiary/aromatic N) is 1. The van der Waals surface area contributed by atoms with Crippen LogP contribution in [0.25, 0.3) is 6.08 Å². The molecule has 0 bridgehead atoms. The Morgan fingerprint density at radius 1 is 1.14 bits per heavy atom. The molecule has 2 aromatic rings. The fraction of sp³-hybridized carbons (Fsp3) is 0.278. The van der Waals surface area contributed by atoms with Gasteiger partial charge in [0.25, 0.3) is 0 Å². The van der Waals surface area contributed by atoms with Crippen molar-refractivity contribution in [2.24, 2.45) is 5.41 Å². The molecule has 0 aliphatic rings. The van der Waals surface area contributed by atoms with E-state index in [1.54, 1.807) is 12.4 Å². The van der Waals surface area contributed by atoms with Gasteiger partial charge in [0.2, 0.25) is 0 Å². The van der Waals surface area contributed by atoms with Gasteiger partial charge in [-0.2, -0.15) is 0 Å². The SMILES string of the molecule is CC(C)(C)C(O)/C(=C\c1cccnc1)Oc1ccccc1. The van der Waals surface area contributed by atoms with Crippen molar-refractivity contribution in [2.45, 2.75) is 26.9 Å². The van der Waals surface area contributed by atoms with Crippen LogP contribution in [0.15, 0.2) is 60.6 Å². The third-order valence-electron chi connectivity index (χ3n) is 3.06. The Hall–Kier alpha value is -2.13. The van der Waals surface area contributed by atoms with E-state index in [1.165, 1.54) is 0 Å². The van der Waals surface area contributed by atoms with Gasteiger partial charge in [-0.15, -0.1) is 0 Å². The van der Waals surface area contributed by atoms with E-state index in [2.05, 4.69) is 4.98 Å². The van der Waals surface area contributed by atoms with Gasteiger partial charge in [0.15, 0.2) is 0 Å². The summed E-state index contributed by atoms with van der Waals surface area (Å²) in [5.41, 5.74) is 0.578. The van der Waals surface area contributed by atoms with Crippen molar-refractivity contribution in [1.29, 1.82) is 0 Å². The lowest BCUT2D eigenvalue weighted by Crippen LogP contribution is -2.30. The maximum Gasteiger partial charge on any atom is 0.134 e. The summed E-state index contributed by atoms with van der Waals surface area (Å²) < 4.78 is 5.89. The molecule has 1 unspecified atom stereocenters. The van der Waals surface area contributed by atoms with E-state index in [0.717, 1.165) is 5.56 Å². The molecule has 1 N–H and O–H groups in total. The zero-order chi connectivity index (χ0) is 15.3. The first kappa shape index (κ1) is 15.3. The summed E-state index contributed by atoms with van der Waals surface area (Å²) in [6.45, 7) is 5.93. The van der Waals surface area contributed by atoms with Crippen molar-refractivity contribution in [3.8, 4) is 5.75 Å². The minimum Gasteiger partial charge on any atom is -0.459 e. The Labute approximate surface area is 125 Å². The van der Waals surface area contributed by atoms with Crippen LogP contribution in [-0.2, 0) is 0 Å². The number of para-hydroxylation sites is 1. The molecular weight excluding hydrogens is 262 g/mol. The summed E-state index contributed by atoms with van der Waals surface area (Å²) >= 11 is 0. The molecule has 0 aliphatic heterocycles. The molecule has 3 heteroatoms. The van der Waals surface area contributed by atoms with Crippen molar-refractivity contribution in [3.63, 3.8) is 0 Å². The zero-order valence-corrected chi connectivity index (χ0v) is 12.7. The maximum atomic E-state index is 10.6. The number of pyridine rings is 1. The van der Waals surface area contributed by atoms with E-state index >= 15 is 0 Å². The molecule has 0 radical (unpaired) electrons. The lowest BCUT2D eigenvalue weighted by atomic mass is 9.87. The second-order valence-electron chi connectivity index (χ2n) is 6.02. The summed E-state index contributed by atoms with van der Waals surface area (Å²) in [6.07, 6.45) is 4.58. The molecule has 1 aromatic heterocycles. The Bertz CT molecular complexity index is 586. The molecular formula is C18H21NO2. The fourth-order valence-corrected chi connectivity index (χ4v) is 1.84. The van der Waals surface area contributed by atoms with Crippen LogP contribution in [0.5, 0.6) is 5.75 Å². The van der Waals surface area contributed by atoms with E-state index in [0.29, 0.717) is 11.5 Å². The van der Waals surface area contributed by atoms with Gasteiger partial charge in [-0.25, -0.2) is 0 Å². The van der Waals surface area contributed by atoms with Gasteiger partial charge in [0, 0.05) is 12.4 Å². The highest BCUT2D eigenvalue weighted by atomic mass is 16.5. The average molecular weight is 283 g/mol. The molecule has 2 rings (SSSR count).